The monoisotopic (exact) mass is 303 g/mol. The lowest BCUT2D eigenvalue weighted by Crippen LogP contribution is -2.51. The van der Waals surface area contributed by atoms with Crippen molar-refractivity contribution < 1.29 is 4.79 Å². The number of hydrogen-bond acceptors (Lipinski definition) is 3. The predicted octanol–water partition coefficient (Wildman–Crippen LogP) is 2.42. The predicted molar refractivity (Wildman–Crippen MR) is 90.3 cm³/mol. The highest BCUT2D eigenvalue weighted by Crippen LogP contribution is 2.14. The van der Waals surface area contributed by atoms with Crippen molar-refractivity contribution >= 4 is 5.91 Å². The SMILES string of the molecule is CCCC(C)(N)C(=O)NCc1ccc(CN2CCCC2)cc1. The Bertz CT molecular complexity index is 476. The van der Waals surface area contributed by atoms with Crippen molar-refractivity contribution in [3.05, 3.63) is 35.4 Å². The molecule has 0 aliphatic carbocycles. The first kappa shape index (κ1) is 17.0. The quantitative estimate of drug-likeness (QED) is 0.813. The van der Waals surface area contributed by atoms with E-state index in [9.17, 15) is 4.79 Å². The first-order valence-electron chi connectivity index (χ1n) is 8.38. The molecule has 2 rings (SSSR count). The molecule has 4 nitrogen and oxygen atoms in total. The van der Waals surface area contributed by atoms with Gasteiger partial charge < -0.3 is 11.1 Å². The second-order valence-electron chi connectivity index (χ2n) is 6.65. The summed E-state index contributed by atoms with van der Waals surface area (Å²) in [7, 11) is 0. The zero-order chi connectivity index (χ0) is 16.0. The smallest absolute Gasteiger partial charge is 0.240 e. The fraction of sp³-hybridized carbons (Fsp3) is 0.611. The van der Waals surface area contributed by atoms with Gasteiger partial charge in [0.15, 0.2) is 0 Å². The Balaban J connectivity index is 1.82. The van der Waals surface area contributed by atoms with Gasteiger partial charge in [-0.15, -0.1) is 0 Å². The lowest BCUT2D eigenvalue weighted by Gasteiger charge is -2.22. The maximum Gasteiger partial charge on any atom is 0.240 e. The Kier molecular flexibility index (Phi) is 5.98. The van der Waals surface area contributed by atoms with Crippen molar-refractivity contribution in [1.29, 1.82) is 0 Å². The van der Waals surface area contributed by atoms with Gasteiger partial charge in [0.2, 0.25) is 5.91 Å². The molecule has 1 aromatic carbocycles. The molecule has 22 heavy (non-hydrogen) atoms. The molecule has 0 bridgehead atoms. The fourth-order valence-electron chi connectivity index (χ4n) is 2.98. The van der Waals surface area contributed by atoms with Crippen LogP contribution in [-0.2, 0) is 17.9 Å². The molecule has 0 radical (unpaired) electrons. The number of benzene rings is 1. The highest BCUT2D eigenvalue weighted by atomic mass is 16.2. The van der Waals surface area contributed by atoms with E-state index in [4.69, 9.17) is 5.73 Å². The molecule has 3 N–H and O–H groups in total. The molecule has 1 saturated heterocycles. The van der Waals surface area contributed by atoms with E-state index in [2.05, 4.69) is 34.5 Å². The molecule has 4 heteroatoms. The second-order valence-corrected chi connectivity index (χ2v) is 6.65. The Morgan fingerprint density at radius 3 is 2.41 bits per heavy atom. The van der Waals surface area contributed by atoms with Crippen LogP contribution in [0.3, 0.4) is 0 Å². The highest BCUT2D eigenvalue weighted by molar-refractivity contribution is 5.85. The van der Waals surface area contributed by atoms with Crippen LogP contribution < -0.4 is 11.1 Å². The van der Waals surface area contributed by atoms with E-state index >= 15 is 0 Å². The van der Waals surface area contributed by atoms with E-state index in [-0.39, 0.29) is 5.91 Å². The maximum atomic E-state index is 12.1. The molecular formula is C18H29N3O. The van der Waals surface area contributed by atoms with Crippen LogP contribution in [0.1, 0.15) is 50.7 Å². The molecule has 1 heterocycles. The summed E-state index contributed by atoms with van der Waals surface area (Å²) in [6.45, 7) is 7.83. The molecule has 0 saturated carbocycles. The van der Waals surface area contributed by atoms with Crippen molar-refractivity contribution in [3.63, 3.8) is 0 Å². The summed E-state index contributed by atoms with van der Waals surface area (Å²) in [6.07, 6.45) is 4.25. The largest absolute Gasteiger partial charge is 0.350 e. The van der Waals surface area contributed by atoms with Gasteiger partial charge in [-0.3, -0.25) is 9.69 Å². The topological polar surface area (TPSA) is 58.4 Å². The number of carbonyl (C=O) groups is 1. The number of amides is 1. The minimum absolute atomic E-state index is 0.0736. The molecule has 1 aliphatic heterocycles. The molecule has 1 amide bonds. The third kappa shape index (κ3) is 4.82. The van der Waals surface area contributed by atoms with Gasteiger partial charge in [-0.05, 0) is 50.4 Å². The summed E-state index contributed by atoms with van der Waals surface area (Å²) in [4.78, 5) is 14.6. The average molecular weight is 303 g/mol. The van der Waals surface area contributed by atoms with Gasteiger partial charge in [0.1, 0.15) is 0 Å². The van der Waals surface area contributed by atoms with Crippen LogP contribution in [0.4, 0.5) is 0 Å². The van der Waals surface area contributed by atoms with Crippen LogP contribution in [0.5, 0.6) is 0 Å². The van der Waals surface area contributed by atoms with Crippen LogP contribution in [0.25, 0.3) is 0 Å². The van der Waals surface area contributed by atoms with E-state index in [0.717, 1.165) is 18.5 Å². The van der Waals surface area contributed by atoms with Gasteiger partial charge in [-0.1, -0.05) is 37.6 Å². The summed E-state index contributed by atoms with van der Waals surface area (Å²) in [5, 5.41) is 2.94. The Morgan fingerprint density at radius 1 is 1.23 bits per heavy atom. The van der Waals surface area contributed by atoms with Crippen molar-refractivity contribution in [2.24, 2.45) is 5.73 Å². The molecule has 0 aromatic heterocycles. The van der Waals surface area contributed by atoms with E-state index in [1.54, 1.807) is 6.92 Å². The summed E-state index contributed by atoms with van der Waals surface area (Å²) in [5.41, 5.74) is 7.72. The summed E-state index contributed by atoms with van der Waals surface area (Å²) in [6, 6.07) is 8.51. The van der Waals surface area contributed by atoms with Crippen LogP contribution in [0.2, 0.25) is 0 Å². The zero-order valence-electron chi connectivity index (χ0n) is 13.9. The lowest BCUT2D eigenvalue weighted by atomic mass is 9.96. The Labute approximate surface area is 134 Å². The Morgan fingerprint density at radius 2 is 1.82 bits per heavy atom. The summed E-state index contributed by atoms with van der Waals surface area (Å²) >= 11 is 0. The highest BCUT2D eigenvalue weighted by Gasteiger charge is 2.26. The van der Waals surface area contributed by atoms with Crippen molar-refractivity contribution in [1.82, 2.24) is 10.2 Å². The van der Waals surface area contributed by atoms with Crippen LogP contribution in [-0.4, -0.2) is 29.4 Å². The van der Waals surface area contributed by atoms with Crippen LogP contribution >= 0.6 is 0 Å². The first-order chi connectivity index (χ1) is 10.5. The number of rotatable bonds is 7. The fourth-order valence-corrected chi connectivity index (χ4v) is 2.98. The molecule has 122 valence electrons. The standard InChI is InChI=1S/C18H29N3O/c1-3-10-18(2,19)17(22)20-13-15-6-8-16(9-7-15)14-21-11-4-5-12-21/h6-9H,3-5,10-14,19H2,1-2H3,(H,20,22). The van der Waals surface area contributed by atoms with E-state index in [1.165, 1.54) is 31.5 Å². The molecule has 1 aliphatic rings. The number of nitrogens with zero attached hydrogens (tertiary/aromatic N) is 1. The number of hydrogen-bond donors (Lipinski definition) is 2. The Hall–Kier alpha value is -1.39. The van der Waals surface area contributed by atoms with E-state index in [0.29, 0.717) is 13.0 Å². The minimum atomic E-state index is -0.773. The lowest BCUT2D eigenvalue weighted by molar-refractivity contribution is -0.126. The molecule has 1 fully saturated rings. The number of nitrogens with two attached hydrogens (primary N) is 1. The summed E-state index contributed by atoms with van der Waals surface area (Å²) < 4.78 is 0. The second kappa shape index (κ2) is 7.75. The van der Waals surface area contributed by atoms with Crippen molar-refractivity contribution in [3.8, 4) is 0 Å². The first-order valence-corrected chi connectivity index (χ1v) is 8.38. The van der Waals surface area contributed by atoms with Gasteiger partial charge >= 0.3 is 0 Å². The van der Waals surface area contributed by atoms with Crippen LogP contribution in [0.15, 0.2) is 24.3 Å². The van der Waals surface area contributed by atoms with E-state index < -0.39 is 5.54 Å². The number of carbonyl (C=O) groups excluding carboxylic acids is 1. The van der Waals surface area contributed by atoms with Gasteiger partial charge in [0, 0.05) is 13.1 Å². The van der Waals surface area contributed by atoms with E-state index in [1.807, 2.05) is 6.92 Å². The summed E-state index contributed by atoms with van der Waals surface area (Å²) in [5.74, 6) is -0.0736. The van der Waals surface area contributed by atoms with Crippen LogP contribution in [0, 0.1) is 0 Å². The average Bonchev–Trinajstić information content (AvgIpc) is 2.99. The maximum absolute atomic E-state index is 12.1. The van der Waals surface area contributed by atoms with Gasteiger partial charge in [-0.2, -0.15) is 0 Å². The van der Waals surface area contributed by atoms with Gasteiger partial charge in [0.25, 0.3) is 0 Å². The van der Waals surface area contributed by atoms with Crippen molar-refractivity contribution in [2.45, 2.75) is 58.2 Å². The third-order valence-corrected chi connectivity index (χ3v) is 4.37. The van der Waals surface area contributed by atoms with Gasteiger partial charge in [0.05, 0.1) is 5.54 Å². The molecular weight excluding hydrogens is 274 g/mol. The van der Waals surface area contributed by atoms with Gasteiger partial charge in [-0.25, -0.2) is 0 Å². The number of likely N-dealkylation sites (tertiary alicyclic amines) is 1. The molecule has 1 atom stereocenters. The normalized spacial score (nSPS) is 18.1. The molecule has 0 spiro atoms. The third-order valence-electron chi connectivity index (χ3n) is 4.37. The number of nitrogens with one attached hydrogen (secondary N) is 1. The van der Waals surface area contributed by atoms with Crippen molar-refractivity contribution in [2.75, 3.05) is 13.1 Å². The minimum Gasteiger partial charge on any atom is -0.350 e. The molecule has 1 aromatic rings. The molecule has 1 unspecified atom stereocenters. The zero-order valence-corrected chi connectivity index (χ0v) is 13.9.